The van der Waals surface area contributed by atoms with E-state index in [-0.39, 0.29) is 0 Å². The van der Waals surface area contributed by atoms with Crippen molar-refractivity contribution >= 4 is 0 Å². The summed E-state index contributed by atoms with van der Waals surface area (Å²) >= 11 is 0. The predicted octanol–water partition coefficient (Wildman–Crippen LogP) is 2.23. The van der Waals surface area contributed by atoms with Crippen LogP contribution < -0.4 is 15.2 Å². The lowest BCUT2D eigenvalue weighted by Crippen LogP contribution is -2.23. The van der Waals surface area contributed by atoms with Gasteiger partial charge in [0.1, 0.15) is 0 Å². The van der Waals surface area contributed by atoms with Crippen LogP contribution in [0.4, 0.5) is 0 Å². The van der Waals surface area contributed by atoms with Crippen molar-refractivity contribution in [3.63, 3.8) is 0 Å². The number of nitrogens with zero attached hydrogens (tertiary/aromatic N) is 1. The smallest absolute Gasteiger partial charge is 0.216 e. The van der Waals surface area contributed by atoms with Crippen LogP contribution in [0.25, 0.3) is 0 Å². The Morgan fingerprint density at radius 2 is 1.94 bits per heavy atom. The van der Waals surface area contributed by atoms with Crippen LogP contribution in [0.3, 0.4) is 0 Å². The highest BCUT2D eigenvalue weighted by molar-refractivity contribution is 5.19. The van der Waals surface area contributed by atoms with E-state index in [1.54, 1.807) is 0 Å². The van der Waals surface area contributed by atoms with Gasteiger partial charge in [-0.2, -0.15) is 4.98 Å². The van der Waals surface area contributed by atoms with E-state index in [0.717, 1.165) is 6.54 Å². The van der Waals surface area contributed by atoms with Crippen LogP contribution in [0.1, 0.15) is 26.2 Å². The molecule has 1 aromatic rings. The topological polar surface area (TPSA) is 57.4 Å². The highest BCUT2D eigenvalue weighted by Gasteiger charge is 2.26. The van der Waals surface area contributed by atoms with Gasteiger partial charge in [-0.15, -0.1) is 0 Å². The lowest BCUT2D eigenvalue weighted by Gasteiger charge is -2.18. The Bertz CT molecular complexity index is 371. The van der Waals surface area contributed by atoms with Gasteiger partial charge in [0.2, 0.25) is 11.8 Å². The fourth-order valence-corrected chi connectivity index (χ4v) is 2.54. The molecule has 0 aliphatic heterocycles. The zero-order valence-corrected chi connectivity index (χ0v) is 11.0. The maximum atomic E-state index is 5.77. The molecule has 1 fully saturated rings. The molecule has 18 heavy (non-hydrogen) atoms. The second kappa shape index (κ2) is 6.59. The van der Waals surface area contributed by atoms with Crippen molar-refractivity contribution in [1.29, 1.82) is 0 Å². The monoisotopic (exact) mass is 250 g/mol. The lowest BCUT2D eigenvalue weighted by atomic mass is 9.97. The third kappa shape index (κ3) is 3.35. The van der Waals surface area contributed by atoms with Crippen LogP contribution in [0.15, 0.2) is 18.2 Å². The van der Waals surface area contributed by atoms with Gasteiger partial charge in [-0.25, -0.2) is 0 Å². The van der Waals surface area contributed by atoms with Crippen LogP contribution in [0, 0.1) is 11.8 Å². The maximum Gasteiger partial charge on any atom is 0.216 e. The highest BCUT2D eigenvalue weighted by Crippen LogP contribution is 2.31. The molecule has 0 saturated heterocycles. The summed E-state index contributed by atoms with van der Waals surface area (Å²) in [5, 5.41) is 0. The van der Waals surface area contributed by atoms with Gasteiger partial charge in [-0.3, -0.25) is 0 Å². The fraction of sp³-hybridized carbons (Fsp3) is 0.643. The number of rotatable bonds is 6. The Morgan fingerprint density at radius 1 is 1.22 bits per heavy atom. The molecule has 4 nitrogen and oxygen atoms in total. The normalized spacial score (nSPS) is 23.0. The third-order valence-corrected chi connectivity index (χ3v) is 3.55. The van der Waals surface area contributed by atoms with Gasteiger partial charge in [0.15, 0.2) is 0 Å². The van der Waals surface area contributed by atoms with E-state index in [1.807, 2.05) is 25.1 Å². The molecule has 0 aromatic carbocycles. The molecule has 2 N–H and O–H groups in total. The lowest BCUT2D eigenvalue weighted by molar-refractivity contribution is 0.207. The highest BCUT2D eigenvalue weighted by atomic mass is 16.5. The van der Waals surface area contributed by atoms with E-state index in [0.29, 0.717) is 36.8 Å². The van der Waals surface area contributed by atoms with Crippen molar-refractivity contribution in [1.82, 2.24) is 4.98 Å². The number of hydrogen-bond donors (Lipinski definition) is 1. The van der Waals surface area contributed by atoms with Crippen molar-refractivity contribution in [2.75, 3.05) is 19.8 Å². The van der Waals surface area contributed by atoms with Gasteiger partial charge in [-0.1, -0.05) is 12.5 Å². The fourth-order valence-electron chi connectivity index (χ4n) is 2.54. The van der Waals surface area contributed by atoms with Gasteiger partial charge in [-0.05, 0) is 38.1 Å². The molecular formula is C14H22N2O2. The Hall–Kier alpha value is -1.29. The molecule has 0 spiro atoms. The summed E-state index contributed by atoms with van der Waals surface area (Å²) in [7, 11) is 0. The van der Waals surface area contributed by atoms with Crippen LogP contribution in [-0.2, 0) is 0 Å². The van der Waals surface area contributed by atoms with E-state index < -0.39 is 0 Å². The molecule has 4 heteroatoms. The van der Waals surface area contributed by atoms with E-state index in [1.165, 1.54) is 19.3 Å². The van der Waals surface area contributed by atoms with E-state index in [2.05, 4.69) is 4.98 Å². The first-order valence-corrected chi connectivity index (χ1v) is 6.76. The van der Waals surface area contributed by atoms with Crippen LogP contribution in [0.5, 0.6) is 11.8 Å². The molecule has 0 radical (unpaired) electrons. The van der Waals surface area contributed by atoms with Gasteiger partial charge in [0, 0.05) is 12.1 Å². The van der Waals surface area contributed by atoms with Crippen LogP contribution in [-0.4, -0.2) is 24.7 Å². The summed E-state index contributed by atoms with van der Waals surface area (Å²) in [6.07, 6.45) is 3.71. The minimum Gasteiger partial charge on any atom is -0.478 e. The van der Waals surface area contributed by atoms with Gasteiger partial charge in [0.25, 0.3) is 0 Å². The quantitative estimate of drug-likeness (QED) is 0.841. The molecule has 1 aromatic heterocycles. The Kier molecular flexibility index (Phi) is 4.81. The third-order valence-electron chi connectivity index (χ3n) is 3.55. The number of nitrogens with two attached hydrogens (primary N) is 1. The minimum absolute atomic E-state index is 0.576. The molecule has 2 unspecified atom stereocenters. The van der Waals surface area contributed by atoms with Crippen LogP contribution in [0.2, 0.25) is 0 Å². The average molecular weight is 250 g/mol. The second-order valence-electron chi connectivity index (χ2n) is 4.74. The molecule has 1 saturated carbocycles. The summed E-state index contributed by atoms with van der Waals surface area (Å²) in [5.41, 5.74) is 5.77. The molecule has 0 bridgehead atoms. The summed E-state index contributed by atoms with van der Waals surface area (Å²) in [5.74, 6) is 2.45. The van der Waals surface area contributed by atoms with Crippen molar-refractivity contribution in [3.05, 3.63) is 18.2 Å². The Labute approximate surface area is 108 Å². The van der Waals surface area contributed by atoms with Gasteiger partial charge < -0.3 is 15.2 Å². The van der Waals surface area contributed by atoms with Gasteiger partial charge >= 0.3 is 0 Å². The SMILES string of the molecule is CCOc1cccc(OCC2CCCC2CN)n1. The zero-order chi connectivity index (χ0) is 12.8. The number of pyridine rings is 1. The summed E-state index contributed by atoms with van der Waals surface area (Å²) in [6.45, 7) is 4.04. The molecular weight excluding hydrogens is 228 g/mol. The molecule has 100 valence electrons. The predicted molar refractivity (Wildman–Crippen MR) is 70.8 cm³/mol. The first-order valence-electron chi connectivity index (χ1n) is 6.76. The summed E-state index contributed by atoms with van der Waals surface area (Å²) in [6, 6.07) is 5.62. The van der Waals surface area contributed by atoms with Crippen molar-refractivity contribution in [2.24, 2.45) is 17.6 Å². The molecule has 0 amide bonds. The second-order valence-corrected chi connectivity index (χ2v) is 4.74. The standard InChI is InChI=1S/C14H22N2O2/c1-2-17-13-7-4-8-14(16-13)18-10-12-6-3-5-11(12)9-15/h4,7-8,11-12H,2-3,5-6,9-10,15H2,1H3. The van der Waals surface area contributed by atoms with E-state index >= 15 is 0 Å². The average Bonchev–Trinajstić information content (AvgIpc) is 2.84. The minimum atomic E-state index is 0.576. The van der Waals surface area contributed by atoms with Gasteiger partial charge in [0.05, 0.1) is 13.2 Å². The van der Waals surface area contributed by atoms with Crippen LogP contribution >= 0.6 is 0 Å². The first kappa shape index (κ1) is 13.1. The molecule has 2 rings (SSSR count). The van der Waals surface area contributed by atoms with Crippen molar-refractivity contribution in [2.45, 2.75) is 26.2 Å². The molecule has 2 atom stereocenters. The molecule has 1 aliphatic carbocycles. The number of ether oxygens (including phenoxy) is 2. The van der Waals surface area contributed by atoms with Crippen molar-refractivity contribution in [3.8, 4) is 11.8 Å². The summed E-state index contributed by atoms with van der Waals surface area (Å²) < 4.78 is 11.1. The molecule has 1 aliphatic rings. The maximum absolute atomic E-state index is 5.77. The zero-order valence-electron chi connectivity index (χ0n) is 11.0. The number of hydrogen-bond acceptors (Lipinski definition) is 4. The Balaban J connectivity index is 1.87. The first-order chi connectivity index (χ1) is 8.83. The van der Waals surface area contributed by atoms with Crippen molar-refractivity contribution < 1.29 is 9.47 Å². The Morgan fingerprint density at radius 3 is 2.67 bits per heavy atom. The van der Waals surface area contributed by atoms with E-state index in [9.17, 15) is 0 Å². The number of aromatic nitrogens is 1. The summed E-state index contributed by atoms with van der Waals surface area (Å²) in [4.78, 5) is 4.30. The molecule has 1 heterocycles. The largest absolute Gasteiger partial charge is 0.478 e. The van der Waals surface area contributed by atoms with E-state index in [4.69, 9.17) is 15.2 Å².